The average Bonchev–Trinajstić information content (AvgIpc) is 2.84. The Bertz CT molecular complexity index is 678. The van der Waals surface area contributed by atoms with Crippen LogP contribution in [0.2, 0.25) is 0 Å². The number of nitrogens with zero attached hydrogens (tertiary/aromatic N) is 2. The summed E-state index contributed by atoms with van der Waals surface area (Å²) in [6, 6.07) is 2.68. The summed E-state index contributed by atoms with van der Waals surface area (Å²) in [4.78, 5) is 3.98. The number of rotatable bonds is 2. The maximum atomic E-state index is 13.0. The Morgan fingerprint density at radius 2 is 2.00 bits per heavy atom. The van der Waals surface area contributed by atoms with Gasteiger partial charge in [-0.05, 0) is 37.5 Å². The number of alkyl halides is 3. The zero-order chi connectivity index (χ0) is 15.3. The third-order valence-corrected chi connectivity index (χ3v) is 3.66. The predicted octanol–water partition coefficient (Wildman–Crippen LogP) is 2.80. The van der Waals surface area contributed by atoms with Crippen LogP contribution in [-0.2, 0) is 11.7 Å². The summed E-state index contributed by atoms with van der Waals surface area (Å²) in [5.41, 5.74) is 3.98. The number of phenolic OH excluding ortho intramolecular Hbond substituents is 1. The van der Waals surface area contributed by atoms with Gasteiger partial charge in [0.2, 0.25) is 0 Å². The summed E-state index contributed by atoms with van der Waals surface area (Å²) in [6.07, 6.45) is -2.34. The van der Waals surface area contributed by atoms with Crippen LogP contribution in [0.15, 0.2) is 22.7 Å². The van der Waals surface area contributed by atoms with E-state index in [4.69, 9.17) is 10.3 Å². The van der Waals surface area contributed by atoms with Crippen molar-refractivity contribution >= 4 is 0 Å². The number of hydrogen-bond acceptors (Lipinski definition) is 5. The number of halogens is 3. The summed E-state index contributed by atoms with van der Waals surface area (Å²) < 4.78 is 43.9. The fraction of sp³-hybridized carbons (Fsp3) is 0.385. The van der Waals surface area contributed by atoms with Crippen molar-refractivity contribution < 1.29 is 22.8 Å². The van der Waals surface area contributed by atoms with Gasteiger partial charge in [-0.3, -0.25) is 0 Å². The molecule has 0 atom stereocenters. The molecule has 0 spiro atoms. The molecule has 0 unspecified atom stereocenters. The van der Waals surface area contributed by atoms with E-state index < -0.39 is 17.3 Å². The molecule has 0 aliphatic heterocycles. The largest absolute Gasteiger partial charge is 0.508 e. The zero-order valence-corrected chi connectivity index (χ0v) is 10.8. The number of hydrogen-bond donors (Lipinski definition) is 2. The molecule has 1 aliphatic rings. The Kier molecular flexibility index (Phi) is 2.94. The quantitative estimate of drug-likeness (QED) is 0.890. The van der Waals surface area contributed by atoms with Gasteiger partial charge in [0.25, 0.3) is 5.89 Å². The summed E-state index contributed by atoms with van der Waals surface area (Å²) in [7, 11) is 0. The summed E-state index contributed by atoms with van der Waals surface area (Å²) in [5.74, 6) is -0.422. The van der Waals surface area contributed by atoms with Crippen LogP contribution >= 0.6 is 0 Å². The smallest absolute Gasteiger partial charge is 0.417 e. The molecule has 3 N–H and O–H groups in total. The van der Waals surface area contributed by atoms with E-state index in [1.165, 1.54) is 0 Å². The molecule has 8 heteroatoms. The molecule has 21 heavy (non-hydrogen) atoms. The van der Waals surface area contributed by atoms with Gasteiger partial charge < -0.3 is 15.4 Å². The summed E-state index contributed by atoms with van der Waals surface area (Å²) in [5, 5.41) is 13.1. The second-order valence-corrected chi connectivity index (χ2v) is 5.16. The molecule has 2 aromatic rings. The fourth-order valence-electron chi connectivity index (χ4n) is 2.27. The first kappa shape index (κ1) is 13.9. The predicted molar refractivity (Wildman–Crippen MR) is 66.1 cm³/mol. The number of phenols is 1. The first-order chi connectivity index (χ1) is 9.79. The standard InChI is InChI=1S/C13H12F3N3O2/c14-13(15,16)9-3-2-7(20)6-8(9)10-18-11(19-21-10)12(17)4-1-5-12/h2-3,6,20H,1,4-5,17H2. The van der Waals surface area contributed by atoms with E-state index in [0.717, 1.165) is 24.6 Å². The minimum absolute atomic E-state index is 0.195. The van der Waals surface area contributed by atoms with Gasteiger partial charge in [0.1, 0.15) is 5.75 Å². The van der Waals surface area contributed by atoms with Crippen LogP contribution in [0, 0.1) is 0 Å². The Hall–Kier alpha value is -2.09. The summed E-state index contributed by atoms with van der Waals surface area (Å²) in [6.45, 7) is 0. The zero-order valence-electron chi connectivity index (χ0n) is 10.8. The van der Waals surface area contributed by atoms with E-state index in [1.807, 2.05) is 0 Å². The van der Waals surface area contributed by atoms with Crippen molar-refractivity contribution in [1.29, 1.82) is 0 Å². The van der Waals surface area contributed by atoms with Crippen LogP contribution in [0.25, 0.3) is 11.5 Å². The minimum Gasteiger partial charge on any atom is -0.508 e. The Balaban J connectivity index is 2.06. The van der Waals surface area contributed by atoms with Gasteiger partial charge in [-0.15, -0.1) is 0 Å². The fourth-order valence-corrected chi connectivity index (χ4v) is 2.27. The van der Waals surface area contributed by atoms with Crippen molar-refractivity contribution in [3.05, 3.63) is 29.6 Å². The third kappa shape index (κ3) is 2.35. The lowest BCUT2D eigenvalue weighted by molar-refractivity contribution is -0.137. The molecule has 0 bridgehead atoms. The van der Waals surface area contributed by atoms with Crippen LogP contribution in [0.1, 0.15) is 30.7 Å². The number of aromatic nitrogens is 2. The molecule has 1 fully saturated rings. The molecular formula is C13H12F3N3O2. The van der Waals surface area contributed by atoms with Crippen LogP contribution in [0.5, 0.6) is 5.75 Å². The molecule has 112 valence electrons. The van der Waals surface area contributed by atoms with Gasteiger partial charge >= 0.3 is 6.18 Å². The lowest BCUT2D eigenvalue weighted by Gasteiger charge is -2.34. The molecule has 1 aromatic heterocycles. The van der Waals surface area contributed by atoms with Crippen LogP contribution < -0.4 is 5.73 Å². The highest BCUT2D eigenvalue weighted by molar-refractivity contribution is 5.62. The van der Waals surface area contributed by atoms with Gasteiger partial charge in [-0.1, -0.05) is 5.16 Å². The molecule has 0 saturated heterocycles. The molecular weight excluding hydrogens is 287 g/mol. The number of benzene rings is 1. The molecule has 0 amide bonds. The van der Waals surface area contributed by atoms with E-state index in [2.05, 4.69) is 10.1 Å². The van der Waals surface area contributed by atoms with Gasteiger partial charge in [-0.2, -0.15) is 18.2 Å². The van der Waals surface area contributed by atoms with Crippen molar-refractivity contribution in [2.24, 2.45) is 5.73 Å². The lowest BCUT2D eigenvalue weighted by Crippen LogP contribution is -2.44. The van der Waals surface area contributed by atoms with Gasteiger partial charge in [0.05, 0.1) is 16.7 Å². The Morgan fingerprint density at radius 1 is 1.29 bits per heavy atom. The second kappa shape index (κ2) is 4.45. The lowest BCUT2D eigenvalue weighted by atomic mass is 9.77. The van der Waals surface area contributed by atoms with Crippen molar-refractivity contribution in [1.82, 2.24) is 10.1 Å². The van der Waals surface area contributed by atoms with E-state index in [-0.39, 0.29) is 23.0 Å². The third-order valence-electron chi connectivity index (χ3n) is 3.66. The van der Waals surface area contributed by atoms with Gasteiger partial charge in [0.15, 0.2) is 5.82 Å². The minimum atomic E-state index is -4.59. The highest BCUT2D eigenvalue weighted by Gasteiger charge is 2.40. The summed E-state index contributed by atoms with van der Waals surface area (Å²) >= 11 is 0. The first-order valence-electron chi connectivity index (χ1n) is 6.33. The molecule has 1 saturated carbocycles. The van der Waals surface area contributed by atoms with Crippen molar-refractivity contribution in [3.8, 4) is 17.2 Å². The molecule has 0 radical (unpaired) electrons. The van der Waals surface area contributed by atoms with Crippen LogP contribution in [-0.4, -0.2) is 15.2 Å². The number of nitrogens with two attached hydrogens (primary N) is 1. The molecule has 1 aliphatic carbocycles. The second-order valence-electron chi connectivity index (χ2n) is 5.16. The molecule has 1 heterocycles. The van der Waals surface area contributed by atoms with Gasteiger partial charge in [-0.25, -0.2) is 0 Å². The molecule has 5 nitrogen and oxygen atoms in total. The molecule has 3 rings (SSSR count). The van der Waals surface area contributed by atoms with E-state index in [1.54, 1.807) is 0 Å². The topological polar surface area (TPSA) is 85.2 Å². The SMILES string of the molecule is NC1(c2noc(-c3cc(O)ccc3C(F)(F)F)n2)CCC1. The average molecular weight is 299 g/mol. The highest BCUT2D eigenvalue weighted by atomic mass is 19.4. The van der Waals surface area contributed by atoms with E-state index in [0.29, 0.717) is 12.8 Å². The van der Waals surface area contributed by atoms with Gasteiger partial charge in [0, 0.05) is 0 Å². The Labute approximate surface area is 117 Å². The monoisotopic (exact) mass is 299 g/mol. The van der Waals surface area contributed by atoms with E-state index >= 15 is 0 Å². The molecule has 1 aromatic carbocycles. The maximum Gasteiger partial charge on any atom is 0.417 e. The van der Waals surface area contributed by atoms with Crippen LogP contribution in [0.3, 0.4) is 0 Å². The van der Waals surface area contributed by atoms with Crippen molar-refractivity contribution in [2.75, 3.05) is 0 Å². The van der Waals surface area contributed by atoms with Crippen LogP contribution in [0.4, 0.5) is 13.2 Å². The first-order valence-corrected chi connectivity index (χ1v) is 6.33. The van der Waals surface area contributed by atoms with Crippen molar-refractivity contribution in [3.63, 3.8) is 0 Å². The van der Waals surface area contributed by atoms with E-state index in [9.17, 15) is 18.3 Å². The number of aromatic hydroxyl groups is 1. The highest BCUT2D eigenvalue weighted by Crippen LogP contribution is 2.41. The normalized spacial score (nSPS) is 17.5. The maximum absolute atomic E-state index is 13.0. The Morgan fingerprint density at radius 3 is 2.57 bits per heavy atom. The van der Waals surface area contributed by atoms with Crippen molar-refractivity contribution in [2.45, 2.75) is 31.0 Å².